The smallest absolute Gasteiger partial charge is 0.416 e. The molecule has 0 aliphatic rings. The van der Waals surface area contributed by atoms with Gasteiger partial charge in [0.25, 0.3) is 0 Å². The number of alkyl halides is 3. The summed E-state index contributed by atoms with van der Waals surface area (Å²) in [6, 6.07) is 32.9. The standard InChI is InChI=1S/C39H47F3N2O3/c1-43-27-25-37(31-13-7-5-8-14-31)46-36-23-21-34(22-24-36)45-30-12-4-3-11-28-44(2)29-26-38(32-15-9-6-10-16-32)47-35-19-17-33(18-20-35)39(40,41)42/h5-10,13-24,37-38,43H,3-4,11-12,25-30H2,1-2H3/t37-,38-/m1/s1. The highest BCUT2D eigenvalue weighted by molar-refractivity contribution is 5.32. The van der Waals surface area contributed by atoms with Gasteiger partial charge in [-0.1, -0.05) is 73.5 Å². The topological polar surface area (TPSA) is 43.0 Å². The van der Waals surface area contributed by atoms with Crippen LogP contribution in [0.4, 0.5) is 13.2 Å². The Hall–Kier alpha value is -4.01. The fourth-order valence-corrected chi connectivity index (χ4v) is 5.34. The van der Waals surface area contributed by atoms with Gasteiger partial charge in [-0.3, -0.25) is 0 Å². The van der Waals surface area contributed by atoms with E-state index in [4.69, 9.17) is 14.2 Å². The summed E-state index contributed by atoms with van der Waals surface area (Å²) in [5.74, 6) is 2.10. The molecule has 8 heteroatoms. The van der Waals surface area contributed by atoms with Gasteiger partial charge in [0, 0.05) is 19.4 Å². The third-order valence-electron chi connectivity index (χ3n) is 8.04. The van der Waals surface area contributed by atoms with Crippen molar-refractivity contribution in [2.24, 2.45) is 0 Å². The number of ether oxygens (including phenoxy) is 3. The minimum absolute atomic E-state index is 0.0132. The maximum absolute atomic E-state index is 13.0. The van der Waals surface area contributed by atoms with E-state index in [2.05, 4.69) is 29.4 Å². The van der Waals surface area contributed by atoms with Gasteiger partial charge < -0.3 is 24.4 Å². The number of rotatable bonds is 20. The summed E-state index contributed by atoms with van der Waals surface area (Å²) in [4.78, 5) is 2.29. The molecule has 47 heavy (non-hydrogen) atoms. The Kier molecular flexibility index (Phi) is 14.5. The molecule has 0 aliphatic heterocycles. The fourth-order valence-electron chi connectivity index (χ4n) is 5.34. The molecule has 4 aromatic rings. The van der Waals surface area contributed by atoms with Gasteiger partial charge in [-0.2, -0.15) is 13.2 Å². The molecule has 0 amide bonds. The van der Waals surface area contributed by atoms with Crippen LogP contribution in [0, 0.1) is 0 Å². The first-order valence-corrected chi connectivity index (χ1v) is 16.5. The summed E-state index contributed by atoms with van der Waals surface area (Å²) < 4.78 is 57.4. The first-order chi connectivity index (χ1) is 22.8. The van der Waals surface area contributed by atoms with E-state index >= 15 is 0 Å². The van der Waals surface area contributed by atoms with Crippen molar-refractivity contribution in [3.63, 3.8) is 0 Å². The van der Waals surface area contributed by atoms with Crippen molar-refractivity contribution in [3.8, 4) is 17.2 Å². The van der Waals surface area contributed by atoms with E-state index in [1.807, 2.05) is 79.8 Å². The Balaban J connectivity index is 1.12. The predicted octanol–water partition coefficient (Wildman–Crippen LogP) is 9.52. The molecule has 0 saturated heterocycles. The van der Waals surface area contributed by atoms with Gasteiger partial charge in [0.15, 0.2) is 0 Å². The highest BCUT2D eigenvalue weighted by Gasteiger charge is 2.30. The van der Waals surface area contributed by atoms with Crippen molar-refractivity contribution in [1.82, 2.24) is 10.2 Å². The summed E-state index contributed by atoms with van der Waals surface area (Å²) in [5, 5.41) is 3.20. The highest BCUT2D eigenvalue weighted by Crippen LogP contribution is 2.32. The van der Waals surface area contributed by atoms with Crippen LogP contribution in [0.2, 0.25) is 0 Å². The Morgan fingerprint density at radius 3 is 1.68 bits per heavy atom. The van der Waals surface area contributed by atoms with Gasteiger partial charge in [-0.05, 0) is 99.7 Å². The third kappa shape index (κ3) is 12.6. The molecule has 5 nitrogen and oxygen atoms in total. The van der Waals surface area contributed by atoms with E-state index < -0.39 is 11.7 Å². The maximum atomic E-state index is 13.0. The summed E-state index contributed by atoms with van der Waals surface area (Å²) in [6.45, 7) is 3.31. The lowest BCUT2D eigenvalue weighted by atomic mass is 10.1. The quantitative estimate of drug-likeness (QED) is 0.0968. The molecule has 0 fully saturated rings. The number of nitrogens with one attached hydrogen (secondary N) is 1. The van der Waals surface area contributed by atoms with Crippen molar-refractivity contribution >= 4 is 0 Å². The van der Waals surface area contributed by atoms with Crippen LogP contribution in [0.15, 0.2) is 109 Å². The molecule has 4 aromatic carbocycles. The van der Waals surface area contributed by atoms with Crippen molar-refractivity contribution in [2.75, 3.05) is 40.3 Å². The van der Waals surface area contributed by atoms with Crippen LogP contribution in [0.1, 0.15) is 67.4 Å². The lowest BCUT2D eigenvalue weighted by Gasteiger charge is -2.23. The van der Waals surface area contributed by atoms with Gasteiger partial charge in [-0.25, -0.2) is 0 Å². The number of benzene rings is 4. The van der Waals surface area contributed by atoms with E-state index in [1.165, 1.54) is 12.1 Å². The van der Waals surface area contributed by atoms with Crippen LogP contribution < -0.4 is 19.5 Å². The summed E-state index contributed by atoms with van der Waals surface area (Å²) >= 11 is 0. The van der Waals surface area contributed by atoms with Gasteiger partial charge in [-0.15, -0.1) is 0 Å². The average Bonchev–Trinajstić information content (AvgIpc) is 3.09. The molecule has 252 valence electrons. The van der Waals surface area contributed by atoms with Crippen molar-refractivity contribution in [2.45, 2.75) is 56.9 Å². The lowest BCUT2D eigenvalue weighted by molar-refractivity contribution is -0.137. The average molecular weight is 649 g/mol. The van der Waals surface area contributed by atoms with Crippen LogP contribution in [0.25, 0.3) is 0 Å². The van der Waals surface area contributed by atoms with E-state index in [9.17, 15) is 13.2 Å². The summed E-state index contributed by atoms with van der Waals surface area (Å²) in [7, 11) is 4.05. The monoisotopic (exact) mass is 648 g/mol. The molecule has 0 aliphatic carbocycles. The Bertz CT molecular complexity index is 1400. The number of hydrogen-bond acceptors (Lipinski definition) is 5. The molecular formula is C39H47F3N2O3. The van der Waals surface area contributed by atoms with Gasteiger partial charge in [0.05, 0.1) is 12.2 Å². The fraction of sp³-hybridized carbons (Fsp3) is 0.385. The molecule has 0 heterocycles. The summed E-state index contributed by atoms with van der Waals surface area (Å²) in [5.41, 5.74) is 1.49. The Labute approximate surface area is 277 Å². The second-order valence-electron chi connectivity index (χ2n) is 11.8. The zero-order chi connectivity index (χ0) is 33.3. The first-order valence-electron chi connectivity index (χ1n) is 16.5. The van der Waals surface area contributed by atoms with E-state index in [0.717, 1.165) is 92.9 Å². The number of halogens is 3. The normalized spacial score (nSPS) is 12.9. The second kappa shape index (κ2) is 19.0. The van der Waals surface area contributed by atoms with E-state index in [1.54, 1.807) is 0 Å². The van der Waals surface area contributed by atoms with E-state index in [0.29, 0.717) is 12.4 Å². The molecule has 0 aromatic heterocycles. The molecule has 0 saturated carbocycles. The van der Waals surface area contributed by atoms with Crippen molar-refractivity contribution in [1.29, 1.82) is 0 Å². The minimum atomic E-state index is -4.37. The number of unbranched alkanes of at least 4 members (excludes halogenated alkanes) is 3. The molecule has 1 N–H and O–H groups in total. The Morgan fingerprint density at radius 2 is 1.13 bits per heavy atom. The van der Waals surface area contributed by atoms with Gasteiger partial charge >= 0.3 is 6.18 Å². The number of nitrogens with zero attached hydrogens (tertiary/aromatic N) is 1. The minimum Gasteiger partial charge on any atom is -0.494 e. The zero-order valence-corrected chi connectivity index (χ0v) is 27.4. The second-order valence-corrected chi connectivity index (χ2v) is 11.8. The molecule has 4 rings (SSSR count). The maximum Gasteiger partial charge on any atom is 0.416 e. The number of hydrogen-bond donors (Lipinski definition) is 1. The third-order valence-corrected chi connectivity index (χ3v) is 8.04. The highest BCUT2D eigenvalue weighted by atomic mass is 19.4. The van der Waals surface area contributed by atoms with Crippen LogP contribution in [0.3, 0.4) is 0 Å². The summed E-state index contributed by atoms with van der Waals surface area (Å²) in [6.07, 6.45) is 1.23. The molecule has 0 bridgehead atoms. The Morgan fingerprint density at radius 1 is 0.617 bits per heavy atom. The van der Waals surface area contributed by atoms with Crippen molar-refractivity contribution in [3.05, 3.63) is 126 Å². The largest absolute Gasteiger partial charge is 0.494 e. The molecule has 0 radical (unpaired) electrons. The lowest BCUT2D eigenvalue weighted by Crippen LogP contribution is -2.24. The molecule has 2 atom stereocenters. The van der Waals surface area contributed by atoms with Crippen molar-refractivity contribution < 1.29 is 27.4 Å². The van der Waals surface area contributed by atoms with Crippen LogP contribution in [-0.4, -0.2) is 45.2 Å². The molecule has 0 unspecified atom stereocenters. The zero-order valence-electron chi connectivity index (χ0n) is 27.4. The predicted molar refractivity (Wildman–Crippen MR) is 182 cm³/mol. The van der Waals surface area contributed by atoms with E-state index in [-0.39, 0.29) is 12.2 Å². The van der Waals surface area contributed by atoms with Crippen LogP contribution in [-0.2, 0) is 6.18 Å². The molecule has 0 spiro atoms. The van der Waals surface area contributed by atoms with Crippen LogP contribution >= 0.6 is 0 Å². The van der Waals surface area contributed by atoms with Gasteiger partial charge in [0.1, 0.15) is 29.5 Å². The first kappa shape index (κ1) is 35.8. The van der Waals surface area contributed by atoms with Crippen LogP contribution in [0.5, 0.6) is 17.2 Å². The van der Waals surface area contributed by atoms with Gasteiger partial charge in [0.2, 0.25) is 0 Å². The SMILES string of the molecule is CNCC[C@@H](Oc1ccc(OCCCCCCN(C)CC[C@@H](Oc2ccc(C(F)(F)F)cc2)c2ccccc2)cc1)c1ccccc1. The molecular weight excluding hydrogens is 601 g/mol.